The van der Waals surface area contributed by atoms with Crippen LogP contribution in [-0.2, 0) is 27.9 Å². The number of nitrogens with one attached hydrogen (secondary N) is 1. The van der Waals surface area contributed by atoms with Gasteiger partial charge in [0, 0.05) is 12.8 Å². The van der Waals surface area contributed by atoms with E-state index in [2.05, 4.69) is 92.9 Å². The third-order valence-corrected chi connectivity index (χ3v) is 12.8. The minimum atomic E-state index is -4.47. The number of unbranched alkanes of at least 4 members (excludes halogenated alkanes) is 21. The lowest BCUT2D eigenvalue weighted by molar-refractivity contribution is -0.870. The van der Waals surface area contributed by atoms with E-state index >= 15 is 0 Å². The predicted octanol–water partition coefficient (Wildman–Crippen LogP) is 16.7. The zero-order valence-corrected chi connectivity index (χ0v) is 46.2. The largest absolute Gasteiger partial charge is 0.472 e. The number of phosphoric ester groups is 1. The van der Waals surface area contributed by atoms with Gasteiger partial charge in [0.15, 0.2) is 0 Å². The normalized spacial score (nSPS) is 14.5. The molecule has 0 radical (unpaired) electrons. The quantitative estimate of drug-likeness (QED) is 0.0205. The molecule has 69 heavy (non-hydrogen) atoms. The van der Waals surface area contributed by atoms with Crippen LogP contribution in [0, 0.1) is 0 Å². The van der Waals surface area contributed by atoms with E-state index in [1.54, 1.807) is 0 Å². The van der Waals surface area contributed by atoms with Crippen LogP contribution in [0.4, 0.5) is 0 Å². The van der Waals surface area contributed by atoms with Crippen molar-refractivity contribution in [3.63, 3.8) is 0 Å². The molecule has 0 aromatic carbocycles. The predicted molar refractivity (Wildman–Crippen MR) is 295 cm³/mol. The Morgan fingerprint density at radius 2 is 0.899 bits per heavy atom. The maximum Gasteiger partial charge on any atom is 0.472 e. The van der Waals surface area contributed by atoms with Crippen molar-refractivity contribution >= 4 is 19.7 Å². The Bertz CT molecular complexity index is 1460. The van der Waals surface area contributed by atoms with E-state index in [9.17, 15) is 19.0 Å². The zero-order chi connectivity index (χ0) is 50.8. The minimum absolute atomic E-state index is 0.0193. The van der Waals surface area contributed by atoms with Gasteiger partial charge < -0.3 is 19.4 Å². The van der Waals surface area contributed by atoms with E-state index in [1.165, 1.54) is 122 Å². The van der Waals surface area contributed by atoms with E-state index in [0.717, 1.165) is 57.8 Å². The van der Waals surface area contributed by atoms with Crippen molar-refractivity contribution in [1.29, 1.82) is 0 Å². The van der Waals surface area contributed by atoms with Gasteiger partial charge in [-0.1, -0.05) is 209 Å². The molecule has 0 saturated heterocycles. The Hall–Kier alpha value is -2.81. The first-order chi connectivity index (χ1) is 33.4. The molecule has 3 atom stereocenters. The molecule has 0 heterocycles. The van der Waals surface area contributed by atoms with Gasteiger partial charge in [0.25, 0.3) is 0 Å². The number of carbonyl (C=O) groups is 2. The third kappa shape index (κ3) is 49.9. The Morgan fingerprint density at radius 3 is 1.38 bits per heavy atom. The number of amides is 1. The Kier molecular flexibility index (Phi) is 46.8. The molecule has 1 amide bonds. The Morgan fingerprint density at radius 1 is 0.507 bits per heavy atom. The van der Waals surface area contributed by atoms with Crippen LogP contribution in [0.25, 0.3) is 0 Å². The van der Waals surface area contributed by atoms with Gasteiger partial charge in [-0.3, -0.25) is 18.6 Å². The number of allylic oxidation sites excluding steroid dienone is 13. The van der Waals surface area contributed by atoms with Gasteiger partial charge in [0.05, 0.1) is 33.8 Å². The molecule has 10 heteroatoms. The first-order valence-electron chi connectivity index (χ1n) is 27.9. The summed E-state index contributed by atoms with van der Waals surface area (Å²) in [5.74, 6) is -0.653. The number of likely N-dealkylation sites (N-methyl/N-ethyl adjacent to an activating group) is 1. The highest BCUT2D eigenvalue weighted by molar-refractivity contribution is 7.47. The maximum atomic E-state index is 13.5. The molecule has 0 aromatic rings. The van der Waals surface area contributed by atoms with E-state index < -0.39 is 25.9 Å². The molecule has 0 aromatic heterocycles. The van der Waals surface area contributed by atoms with Crippen molar-refractivity contribution in [1.82, 2.24) is 5.32 Å². The highest BCUT2D eigenvalue weighted by Crippen LogP contribution is 2.43. The van der Waals surface area contributed by atoms with Crippen LogP contribution in [0.15, 0.2) is 85.1 Å². The van der Waals surface area contributed by atoms with Crippen LogP contribution >= 0.6 is 7.82 Å². The molecule has 3 unspecified atom stereocenters. The van der Waals surface area contributed by atoms with Crippen molar-refractivity contribution in [3.05, 3.63) is 85.1 Å². The number of rotatable bonds is 49. The smallest absolute Gasteiger partial charge is 0.456 e. The fraction of sp³-hybridized carbons (Fsp3) is 0.729. The molecular weight excluding hydrogens is 880 g/mol. The monoisotopic (exact) mass is 986 g/mol. The zero-order valence-electron chi connectivity index (χ0n) is 45.3. The number of hydrogen-bond acceptors (Lipinski definition) is 6. The molecule has 0 saturated carbocycles. The molecule has 2 N–H and O–H groups in total. The number of carbonyl (C=O) groups excluding carboxylic acids is 2. The van der Waals surface area contributed by atoms with Gasteiger partial charge in [-0.2, -0.15) is 0 Å². The summed E-state index contributed by atoms with van der Waals surface area (Å²) >= 11 is 0. The van der Waals surface area contributed by atoms with Gasteiger partial charge in [0.1, 0.15) is 19.3 Å². The Labute approximate surface area is 425 Å². The van der Waals surface area contributed by atoms with Crippen molar-refractivity contribution in [3.8, 4) is 0 Å². The van der Waals surface area contributed by atoms with Crippen LogP contribution in [0.3, 0.4) is 0 Å². The van der Waals surface area contributed by atoms with Crippen LogP contribution in [0.2, 0.25) is 0 Å². The third-order valence-electron chi connectivity index (χ3n) is 11.8. The van der Waals surface area contributed by atoms with Crippen molar-refractivity contribution in [2.75, 3.05) is 40.9 Å². The summed E-state index contributed by atoms with van der Waals surface area (Å²) in [7, 11) is 1.43. The van der Waals surface area contributed by atoms with Crippen molar-refractivity contribution < 1.29 is 37.3 Å². The summed E-state index contributed by atoms with van der Waals surface area (Å²) in [6, 6.07) is -0.902. The van der Waals surface area contributed by atoms with Crippen molar-refractivity contribution in [2.45, 2.75) is 238 Å². The molecular formula is C59H106N2O7P+. The van der Waals surface area contributed by atoms with Crippen LogP contribution in [-0.4, -0.2) is 74.3 Å². The first kappa shape index (κ1) is 66.2. The second-order valence-corrected chi connectivity index (χ2v) is 21.2. The summed E-state index contributed by atoms with van der Waals surface area (Å²) in [4.78, 5) is 37.5. The Balaban J connectivity index is 5.57. The highest BCUT2D eigenvalue weighted by Gasteiger charge is 2.30. The first-order valence-corrected chi connectivity index (χ1v) is 29.4. The van der Waals surface area contributed by atoms with E-state index in [-0.39, 0.29) is 32.0 Å². The lowest BCUT2D eigenvalue weighted by Gasteiger charge is -2.27. The average Bonchev–Trinajstić information content (AvgIpc) is 3.31. The van der Waals surface area contributed by atoms with Gasteiger partial charge in [-0.05, 0) is 89.5 Å². The van der Waals surface area contributed by atoms with Crippen molar-refractivity contribution in [2.24, 2.45) is 0 Å². The summed E-state index contributed by atoms with van der Waals surface area (Å²) in [5, 5.41) is 2.99. The SMILES string of the molecule is CCCCC/C=C\C/C=C\C/C=C\C/C=C\CCCC(=O)NC(COP(=O)(O)OCC[N+](C)(C)C)C(/C=C\CCCCCCCCCCCCC)OC(=O)CC/C=C/C/C=C\CCCCCCCC. The second kappa shape index (κ2) is 48.8. The van der Waals surface area contributed by atoms with Gasteiger partial charge in [-0.15, -0.1) is 0 Å². The van der Waals surface area contributed by atoms with Gasteiger partial charge in [0.2, 0.25) is 5.91 Å². The molecule has 0 rings (SSSR count). The minimum Gasteiger partial charge on any atom is -0.456 e. The number of ether oxygens (including phenoxy) is 1. The standard InChI is InChI=1S/C59H105N2O7P/c1-7-10-13-16-19-22-25-28-29-30-31-34-36-39-42-45-48-51-58(62)60-56(55-67-69(64,65)66-54-53-61(4,5)6)57(50-47-44-41-38-35-32-26-23-20-17-14-11-8-2)68-59(63)52-49-46-43-40-37-33-27-24-21-18-15-12-9-3/h19,22,28-29,31,33-34,37,39,42-43,46-47,50,56-57H,7-18,20-21,23-27,30,32,35-36,38,40-41,44-45,48-49,51-55H2,1-6H3,(H-,60,62,64,65)/p+1/b22-19-,29-28-,34-31-,37-33-,42-39-,46-43+,50-47-. The van der Waals surface area contributed by atoms with Crippen LogP contribution in [0.1, 0.15) is 226 Å². The van der Waals surface area contributed by atoms with E-state index in [4.69, 9.17) is 13.8 Å². The number of hydrogen-bond donors (Lipinski definition) is 2. The fourth-order valence-corrected chi connectivity index (χ4v) is 8.19. The molecule has 398 valence electrons. The summed E-state index contributed by atoms with van der Waals surface area (Å²) in [6.07, 6.45) is 63.1. The lowest BCUT2D eigenvalue weighted by atomic mass is 10.0. The number of quaternary nitrogens is 1. The summed E-state index contributed by atoms with van der Waals surface area (Å²) in [5.41, 5.74) is 0. The number of esters is 1. The second-order valence-electron chi connectivity index (χ2n) is 19.7. The summed E-state index contributed by atoms with van der Waals surface area (Å²) in [6.45, 7) is 6.88. The molecule has 0 fully saturated rings. The van der Waals surface area contributed by atoms with Crippen LogP contribution in [0.5, 0.6) is 0 Å². The van der Waals surface area contributed by atoms with Gasteiger partial charge in [-0.25, -0.2) is 4.57 Å². The average molecular weight is 986 g/mol. The number of phosphoric acid groups is 1. The van der Waals surface area contributed by atoms with E-state index in [1.807, 2.05) is 39.4 Å². The molecule has 0 aliphatic heterocycles. The topological polar surface area (TPSA) is 111 Å². The fourth-order valence-electron chi connectivity index (χ4n) is 7.45. The lowest BCUT2D eigenvalue weighted by Crippen LogP contribution is -2.47. The molecule has 0 spiro atoms. The molecule has 9 nitrogen and oxygen atoms in total. The number of nitrogens with zero attached hydrogens (tertiary/aromatic N) is 1. The highest BCUT2D eigenvalue weighted by atomic mass is 31.2. The maximum absolute atomic E-state index is 13.5. The van der Waals surface area contributed by atoms with Gasteiger partial charge >= 0.3 is 13.8 Å². The van der Waals surface area contributed by atoms with E-state index in [0.29, 0.717) is 23.9 Å². The molecule has 0 aliphatic carbocycles. The van der Waals surface area contributed by atoms with Crippen LogP contribution < -0.4 is 5.32 Å². The molecule has 0 aliphatic rings. The summed E-state index contributed by atoms with van der Waals surface area (Å²) < 4.78 is 30.5. The molecule has 0 bridgehead atoms.